The Bertz CT molecular complexity index is 482. The van der Waals surface area contributed by atoms with Gasteiger partial charge < -0.3 is 20.1 Å². The predicted octanol–water partition coefficient (Wildman–Crippen LogP) is 2.97. The number of likely N-dealkylation sites (N-methyl/N-ethyl adjacent to an activating group) is 1. The Kier molecular flexibility index (Phi) is 9.45. The Morgan fingerprint density at radius 3 is 2.54 bits per heavy atom. The number of aromatic nitrogens is 1. The lowest BCUT2D eigenvalue weighted by atomic mass is 9.99. The quantitative estimate of drug-likeness (QED) is 0.507. The first kappa shape index (κ1) is 20.5. The minimum atomic E-state index is 0.482. The highest BCUT2D eigenvalue weighted by Crippen LogP contribution is 2.22. The standard InChI is InChI=1S/C18H35N5O/c1-7-14(4)23(6)11-10-20-18(19-5)21-13-16-12-17(22-24-16)15(8-2)9-3/h12,14-15H,7-11,13H2,1-6H3,(H2,19,20,21). The van der Waals surface area contributed by atoms with Crippen molar-refractivity contribution >= 4 is 5.96 Å². The third-order valence-electron chi connectivity index (χ3n) is 4.73. The summed E-state index contributed by atoms with van der Waals surface area (Å²) in [6.45, 7) is 11.3. The van der Waals surface area contributed by atoms with E-state index < -0.39 is 0 Å². The zero-order valence-electron chi connectivity index (χ0n) is 16.2. The third-order valence-corrected chi connectivity index (χ3v) is 4.73. The number of nitrogens with zero attached hydrogens (tertiary/aromatic N) is 3. The molecule has 0 saturated heterocycles. The molecule has 0 aliphatic rings. The summed E-state index contributed by atoms with van der Waals surface area (Å²) in [5.41, 5.74) is 1.05. The Labute approximate surface area is 147 Å². The largest absolute Gasteiger partial charge is 0.359 e. The Balaban J connectivity index is 2.39. The molecule has 6 heteroatoms. The van der Waals surface area contributed by atoms with Crippen LogP contribution in [0, 0.1) is 0 Å². The van der Waals surface area contributed by atoms with Crippen LogP contribution in [0.15, 0.2) is 15.6 Å². The highest BCUT2D eigenvalue weighted by molar-refractivity contribution is 5.79. The van der Waals surface area contributed by atoms with Gasteiger partial charge in [-0.1, -0.05) is 25.9 Å². The number of guanidine groups is 1. The average molecular weight is 338 g/mol. The SMILES string of the molecule is CCC(CC)c1cc(CNC(=NC)NCCN(C)C(C)CC)on1. The number of hydrogen-bond acceptors (Lipinski definition) is 4. The lowest BCUT2D eigenvalue weighted by molar-refractivity contribution is 0.255. The normalized spacial score (nSPS) is 13.6. The molecule has 0 spiro atoms. The van der Waals surface area contributed by atoms with Gasteiger partial charge in [-0.2, -0.15) is 0 Å². The molecule has 1 aromatic rings. The van der Waals surface area contributed by atoms with E-state index in [0.717, 1.165) is 49.8 Å². The molecule has 138 valence electrons. The molecule has 1 aromatic heterocycles. The Morgan fingerprint density at radius 1 is 1.25 bits per heavy atom. The molecule has 2 N–H and O–H groups in total. The van der Waals surface area contributed by atoms with Crippen LogP contribution >= 0.6 is 0 Å². The number of hydrogen-bond donors (Lipinski definition) is 2. The van der Waals surface area contributed by atoms with E-state index >= 15 is 0 Å². The molecule has 0 saturated carbocycles. The molecule has 0 bridgehead atoms. The summed E-state index contributed by atoms with van der Waals surface area (Å²) in [5, 5.41) is 10.8. The van der Waals surface area contributed by atoms with Crippen LogP contribution in [-0.2, 0) is 6.54 Å². The first-order valence-corrected chi connectivity index (χ1v) is 9.15. The fourth-order valence-electron chi connectivity index (χ4n) is 2.59. The van der Waals surface area contributed by atoms with Gasteiger partial charge in [0.15, 0.2) is 11.7 Å². The fraction of sp³-hybridized carbons (Fsp3) is 0.778. The van der Waals surface area contributed by atoms with Gasteiger partial charge >= 0.3 is 0 Å². The first-order chi connectivity index (χ1) is 11.5. The van der Waals surface area contributed by atoms with E-state index in [1.807, 2.05) is 0 Å². The summed E-state index contributed by atoms with van der Waals surface area (Å²) >= 11 is 0. The monoisotopic (exact) mass is 337 g/mol. The zero-order chi connectivity index (χ0) is 17.9. The van der Waals surface area contributed by atoms with E-state index in [4.69, 9.17) is 4.52 Å². The van der Waals surface area contributed by atoms with Crippen molar-refractivity contribution in [3.63, 3.8) is 0 Å². The summed E-state index contributed by atoms with van der Waals surface area (Å²) in [4.78, 5) is 6.60. The van der Waals surface area contributed by atoms with Crippen LogP contribution in [0.25, 0.3) is 0 Å². The van der Waals surface area contributed by atoms with Crippen LogP contribution in [0.1, 0.15) is 64.3 Å². The minimum Gasteiger partial charge on any atom is -0.359 e. The van der Waals surface area contributed by atoms with E-state index in [0.29, 0.717) is 18.5 Å². The van der Waals surface area contributed by atoms with Gasteiger partial charge in [0.05, 0.1) is 12.2 Å². The summed E-state index contributed by atoms with van der Waals surface area (Å²) in [6, 6.07) is 2.65. The molecular formula is C18H35N5O. The van der Waals surface area contributed by atoms with Crippen molar-refractivity contribution < 1.29 is 4.52 Å². The van der Waals surface area contributed by atoms with Crippen molar-refractivity contribution in [1.29, 1.82) is 0 Å². The van der Waals surface area contributed by atoms with Gasteiger partial charge in [-0.3, -0.25) is 4.99 Å². The van der Waals surface area contributed by atoms with E-state index in [2.05, 4.69) is 66.5 Å². The Hall–Kier alpha value is -1.56. The number of rotatable bonds is 10. The maximum Gasteiger partial charge on any atom is 0.191 e. The highest BCUT2D eigenvalue weighted by Gasteiger charge is 2.13. The van der Waals surface area contributed by atoms with Crippen molar-refractivity contribution in [2.45, 2.75) is 65.5 Å². The molecule has 1 atom stereocenters. The molecule has 0 fully saturated rings. The van der Waals surface area contributed by atoms with Crippen molar-refractivity contribution in [3.05, 3.63) is 17.5 Å². The van der Waals surface area contributed by atoms with Crippen LogP contribution in [0.4, 0.5) is 0 Å². The second-order valence-corrected chi connectivity index (χ2v) is 6.32. The van der Waals surface area contributed by atoms with Gasteiger partial charge in [0.1, 0.15) is 0 Å². The molecule has 0 aromatic carbocycles. The molecule has 1 heterocycles. The maximum atomic E-state index is 5.43. The van der Waals surface area contributed by atoms with Gasteiger partial charge in [0.2, 0.25) is 0 Å². The van der Waals surface area contributed by atoms with Crippen molar-refractivity contribution in [2.75, 3.05) is 27.2 Å². The van der Waals surface area contributed by atoms with Gasteiger partial charge in [0.25, 0.3) is 0 Å². The smallest absolute Gasteiger partial charge is 0.191 e. The molecule has 0 aliphatic carbocycles. The van der Waals surface area contributed by atoms with E-state index in [9.17, 15) is 0 Å². The zero-order valence-corrected chi connectivity index (χ0v) is 16.2. The third kappa shape index (κ3) is 6.51. The van der Waals surface area contributed by atoms with Crippen molar-refractivity contribution in [1.82, 2.24) is 20.7 Å². The lowest BCUT2D eigenvalue weighted by Crippen LogP contribution is -2.42. The molecule has 1 unspecified atom stereocenters. The van der Waals surface area contributed by atoms with Crippen LogP contribution in [0.3, 0.4) is 0 Å². The fourth-order valence-corrected chi connectivity index (χ4v) is 2.59. The maximum absolute atomic E-state index is 5.43. The summed E-state index contributed by atoms with van der Waals surface area (Å²) in [7, 11) is 3.93. The second kappa shape index (κ2) is 11.1. The van der Waals surface area contributed by atoms with Gasteiger partial charge in [-0.15, -0.1) is 0 Å². The van der Waals surface area contributed by atoms with Gasteiger partial charge in [-0.25, -0.2) is 0 Å². The molecule has 0 radical (unpaired) electrons. The Morgan fingerprint density at radius 2 is 1.96 bits per heavy atom. The second-order valence-electron chi connectivity index (χ2n) is 6.32. The first-order valence-electron chi connectivity index (χ1n) is 9.15. The van der Waals surface area contributed by atoms with Crippen LogP contribution < -0.4 is 10.6 Å². The lowest BCUT2D eigenvalue weighted by Gasteiger charge is -2.23. The van der Waals surface area contributed by atoms with Crippen LogP contribution in [0.2, 0.25) is 0 Å². The molecule has 24 heavy (non-hydrogen) atoms. The van der Waals surface area contributed by atoms with Crippen molar-refractivity contribution in [3.8, 4) is 0 Å². The van der Waals surface area contributed by atoms with E-state index in [1.54, 1.807) is 7.05 Å². The average Bonchev–Trinajstić information content (AvgIpc) is 3.06. The number of aliphatic imine (C=N–C) groups is 1. The van der Waals surface area contributed by atoms with Gasteiger partial charge in [0, 0.05) is 38.2 Å². The van der Waals surface area contributed by atoms with Crippen LogP contribution in [0.5, 0.6) is 0 Å². The van der Waals surface area contributed by atoms with E-state index in [-0.39, 0.29) is 0 Å². The molecule has 0 amide bonds. The minimum absolute atomic E-state index is 0.482. The summed E-state index contributed by atoms with van der Waals surface area (Å²) in [5.74, 6) is 2.11. The highest BCUT2D eigenvalue weighted by atomic mass is 16.5. The predicted molar refractivity (Wildman–Crippen MR) is 100 cm³/mol. The summed E-state index contributed by atoms with van der Waals surface area (Å²) < 4.78 is 5.43. The van der Waals surface area contributed by atoms with E-state index in [1.165, 1.54) is 0 Å². The molecule has 1 rings (SSSR count). The topological polar surface area (TPSA) is 65.7 Å². The number of nitrogens with one attached hydrogen (secondary N) is 2. The van der Waals surface area contributed by atoms with Crippen molar-refractivity contribution in [2.24, 2.45) is 4.99 Å². The van der Waals surface area contributed by atoms with Gasteiger partial charge in [-0.05, 0) is 33.2 Å². The van der Waals surface area contributed by atoms with Crippen LogP contribution in [-0.4, -0.2) is 49.2 Å². The molecular weight excluding hydrogens is 302 g/mol. The molecule has 6 nitrogen and oxygen atoms in total. The molecule has 0 aliphatic heterocycles. The summed E-state index contributed by atoms with van der Waals surface area (Å²) in [6.07, 6.45) is 3.33.